The molecule has 0 fully saturated rings. The van der Waals surface area contributed by atoms with Crippen LogP contribution in [0.4, 0.5) is 11.4 Å². The van der Waals surface area contributed by atoms with E-state index in [1.165, 1.54) is 16.7 Å². The zero-order valence-corrected chi connectivity index (χ0v) is 32.7. The molecule has 1 heterocycles. The molecule has 1 aliphatic rings. The molecule has 0 saturated heterocycles. The Labute approximate surface area is 317 Å². The molecule has 0 unspecified atom stereocenters. The lowest BCUT2D eigenvalue weighted by atomic mass is 9.99. The van der Waals surface area contributed by atoms with Gasteiger partial charge in [-0.15, -0.1) is 0 Å². The minimum absolute atomic E-state index is 0.126. The predicted octanol–water partition coefficient (Wildman–Crippen LogP) is 6.30. The van der Waals surface area contributed by atoms with Crippen LogP contribution < -0.4 is 10.6 Å². The summed E-state index contributed by atoms with van der Waals surface area (Å²) in [6.45, 7) is 12.8. The summed E-state index contributed by atoms with van der Waals surface area (Å²) in [4.78, 5) is 52.3. The van der Waals surface area contributed by atoms with Crippen molar-refractivity contribution < 1.29 is 19.5 Å². The molecule has 3 aromatic rings. The van der Waals surface area contributed by atoms with Crippen molar-refractivity contribution >= 4 is 35.2 Å². The van der Waals surface area contributed by atoms with Crippen molar-refractivity contribution in [2.45, 2.75) is 72.9 Å². The van der Waals surface area contributed by atoms with Crippen LogP contribution in [0, 0.1) is 6.92 Å². The van der Waals surface area contributed by atoms with Crippen molar-refractivity contribution in [2.75, 3.05) is 58.3 Å². The van der Waals surface area contributed by atoms with Gasteiger partial charge in [0.05, 0.1) is 23.5 Å². The first kappa shape index (κ1) is 42.6. The zero-order valence-electron chi connectivity index (χ0n) is 32.7. The number of allylic oxidation sites excluding steroid dienone is 1. The number of anilines is 1. The van der Waals surface area contributed by atoms with Crippen LogP contribution in [0.5, 0.6) is 0 Å². The van der Waals surface area contributed by atoms with Gasteiger partial charge in [-0.05, 0) is 81.1 Å². The van der Waals surface area contributed by atoms with Gasteiger partial charge in [-0.3, -0.25) is 14.6 Å². The van der Waals surface area contributed by atoms with E-state index in [0.29, 0.717) is 49.7 Å². The third-order valence-electron chi connectivity index (χ3n) is 9.33. The van der Waals surface area contributed by atoms with Gasteiger partial charge in [-0.2, -0.15) is 0 Å². The number of hydrogen-bond acceptors (Lipinski definition) is 8. The van der Waals surface area contributed by atoms with Gasteiger partial charge in [0.25, 0.3) is 11.8 Å². The lowest BCUT2D eigenvalue weighted by Crippen LogP contribution is -2.37. The number of nitrogens with two attached hydrogens (primary N) is 1. The minimum Gasteiger partial charge on any atom is -0.400 e. The number of amides is 2. The van der Waals surface area contributed by atoms with Gasteiger partial charge in [0.15, 0.2) is 0 Å². The fourth-order valence-electron chi connectivity index (χ4n) is 6.44. The molecule has 0 aliphatic carbocycles. The number of aliphatic hydroxyl groups is 1. The predicted molar refractivity (Wildman–Crippen MR) is 217 cm³/mol. The second-order valence-corrected chi connectivity index (χ2v) is 13.6. The molecule has 4 rings (SSSR count). The smallest absolute Gasteiger partial charge is 0.269 e. The van der Waals surface area contributed by atoms with Crippen molar-refractivity contribution in [3.63, 3.8) is 0 Å². The largest absolute Gasteiger partial charge is 0.400 e. The topological polar surface area (TPSA) is 123 Å². The Morgan fingerprint density at radius 3 is 2.28 bits per heavy atom. The van der Waals surface area contributed by atoms with Gasteiger partial charge in [-0.1, -0.05) is 80.8 Å². The highest BCUT2D eigenvalue weighted by molar-refractivity contribution is 6.05. The van der Waals surface area contributed by atoms with E-state index in [1.54, 1.807) is 13.0 Å². The first-order valence-corrected chi connectivity index (χ1v) is 18.8. The third kappa shape index (κ3) is 13.0. The van der Waals surface area contributed by atoms with Crippen molar-refractivity contribution in [1.29, 1.82) is 0 Å². The standard InChI is InChI=1S/C42H56N6O3.CH4O/c1-6-8-20-47(21-9-7-2)42(51)39(43)28-33(4)44-40-18-17-37(29-38(40)41(50)48-22-19-35-15-10-11-16-36(35)31-48)46(25-26-49)24-23-45(5)30-34-14-12-13-32(3)27-34;1-2/h10-18,26-29H,6-9,19-25,30-31,43H2,1-5H3;2H,1H3/b39-28-,44-33?;. The van der Waals surface area contributed by atoms with Gasteiger partial charge in [0.2, 0.25) is 0 Å². The van der Waals surface area contributed by atoms with Crippen molar-refractivity contribution in [2.24, 2.45) is 10.7 Å². The van der Waals surface area contributed by atoms with E-state index in [1.807, 2.05) is 45.0 Å². The van der Waals surface area contributed by atoms with Crippen LogP contribution in [0.25, 0.3) is 0 Å². The lowest BCUT2D eigenvalue weighted by Gasteiger charge is -2.30. The Balaban J connectivity index is 0.00000372. The highest BCUT2D eigenvalue weighted by Gasteiger charge is 2.25. The van der Waals surface area contributed by atoms with Gasteiger partial charge >= 0.3 is 0 Å². The van der Waals surface area contributed by atoms with E-state index in [4.69, 9.17) is 15.8 Å². The molecule has 3 N–H and O–H groups in total. The number of benzene rings is 3. The number of aryl methyl sites for hydroxylation is 1. The normalized spacial score (nSPS) is 12.9. The Morgan fingerprint density at radius 2 is 1.62 bits per heavy atom. The summed E-state index contributed by atoms with van der Waals surface area (Å²) in [5.41, 5.74) is 13.6. The molecule has 2 amide bonds. The third-order valence-corrected chi connectivity index (χ3v) is 9.33. The Kier molecular flexibility index (Phi) is 17.9. The minimum atomic E-state index is -0.193. The van der Waals surface area contributed by atoms with Crippen LogP contribution in [0.15, 0.2) is 83.5 Å². The van der Waals surface area contributed by atoms with Crippen LogP contribution >= 0.6 is 0 Å². The number of aliphatic imine (C=N–C) groups is 1. The average molecular weight is 725 g/mol. The number of rotatable bonds is 18. The highest BCUT2D eigenvalue weighted by Crippen LogP contribution is 2.29. The number of aliphatic hydroxyl groups excluding tert-OH is 1. The van der Waals surface area contributed by atoms with Gasteiger partial charge in [0, 0.05) is 64.3 Å². The summed E-state index contributed by atoms with van der Waals surface area (Å²) in [6.07, 6.45) is 7.09. The number of likely N-dealkylation sites (N-methyl/N-ethyl adjacent to an activating group) is 1. The van der Waals surface area contributed by atoms with Gasteiger partial charge in [-0.25, -0.2) is 0 Å². The van der Waals surface area contributed by atoms with Gasteiger partial charge in [0.1, 0.15) is 6.29 Å². The van der Waals surface area contributed by atoms with E-state index in [-0.39, 0.29) is 24.1 Å². The van der Waals surface area contributed by atoms with E-state index in [9.17, 15) is 14.4 Å². The monoisotopic (exact) mass is 724 g/mol. The Morgan fingerprint density at radius 1 is 0.925 bits per heavy atom. The molecule has 3 aromatic carbocycles. The Bertz CT molecular complexity index is 1700. The lowest BCUT2D eigenvalue weighted by molar-refractivity contribution is -0.127. The second-order valence-electron chi connectivity index (χ2n) is 13.6. The molecule has 0 spiro atoms. The van der Waals surface area contributed by atoms with E-state index in [0.717, 1.165) is 69.8 Å². The maximum absolute atomic E-state index is 14.3. The maximum Gasteiger partial charge on any atom is 0.269 e. The highest BCUT2D eigenvalue weighted by atomic mass is 16.2. The average Bonchev–Trinajstić information content (AvgIpc) is 3.16. The SMILES string of the molecule is CCCCN(CCCC)C(=O)/C(N)=C/C(C)=Nc1ccc(N(CC=O)CCN(C)Cc2cccc(C)c2)cc1C(=O)N1CCc2ccccc2C1.CO. The Hall–Kier alpha value is -4.80. The van der Waals surface area contributed by atoms with E-state index < -0.39 is 0 Å². The molecule has 0 atom stereocenters. The second kappa shape index (κ2) is 22.3. The number of nitrogens with zero attached hydrogens (tertiary/aromatic N) is 5. The number of hydrogen-bond donors (Lipinski definition) is 2. The summed E-state index contributed by atoms with van der Waals surface area (Å²) in [6, 6.07) is 22.3. The van der Waals surface area contributed by atoms with Crippen LogP contribution in [-0.4, -0.2) is 97.0 Å². The maximum atomic E-state index is 14.3. The van der Waals surface area contributed by atoms with Crippen LogP contribution in [0.3, 0.4) is 0 Å². The number of carbonyl (C=O) groups excluding carboxylic acids is 3. The first-order valence-electron chi connectivity index (χ1n) is 18.8. The van der Waals surface area contributed by atoms with Crippen LogP contribution in [-0.2, 0) is 29.1 Å². The number of fused-ring (bicyclic) bond motifs is 1. The van der Waals surface area contributed by atoms with Crippen LogP contribution in [0.1, 0.15) is 79.1 Å². The summed E-state index contributed by atoms with van der Waals surface area (Å²) >= 11 is 0. The molecule has 1 aliphatic heterocycles. The molecule has 286 valence electrons. The number of aldehydes is 1. The van der Waals surface area contributed by atoms with Crippen molar-refractivity contribution in [1.82, 2.24) is 14.7 Å². The molecule has 53 heavy (non-hydrogen) atoms. The molecule has 0 saturated carbocycles. The molecule has 10 nitrogen and oxygen atoms in total. The summed E-state index contributed by atoms with van der Waals surface area (Å²) in [5, 5.41) is 7.00. The fraction of sp³-hybridized carbons (Fsp3) is 0.442. The molecular formula is C43H60N6O4. The van der Waals surface area contributed by atoms with E-state index >= 15 is 0 Å². The molecule has 0 aromatic heterocycles. The zero-order chi connectivity index (χ0) is 38.8. The van der Waals surface area contributed by atoms with E-state index in [2.05, 4.69) is 69.1 Å². The van der Waals surface area contributed by atoms with Crippen LogP contribution in [0.2, 0.25) is 0 Å². The number of unbranched alkanes of at least 4 members (excludes halogenated alkanes) is 2. The molecular weight excluding hydrogens is 665 g/mol. The fourth-order valence-corrected chi connectivity index (χ4v) is 6.44. The summed E-state index contributed by atoms with van der Waals surface area (Å²) < 4.78 is 0. The van der Waals surface area contributed by atoms with Crippen molar-refractivity contribution in [3.05, 3.63) is 106 Å². The first-order chi connectivity index (χ1) is 25.6. The van der Waals surface area contributed by atoms with Gasteiger partial charge < -0.3 is 35.2 Å². The molecule has 10 heteroatoms. The molecule has 0 radical (unpaired) electrons. The number of carbonyl (C=O) groups is 3. The summed E-state index contributed by atoms with van der Waals surface area (Å²) in [5.74, 6) is -0.319. The summed E-state index contributed by atoms with van der Waals surface area (Å²) in [7, 11) is 3.07. The quantitative estimate of drug-likeness (QED) is 0.0897. The molecule has 0 bridgehead atoms. The van der Waals surface area contributed by atoms with Crippen molar-refractivity contribution in [3.8, 4) is 0 Å².